The molecule has 1 saturated heterocycles. The Morgan fingerprint density at radius 3 is 2.06 bits per heavy atom. The molecular weight excluding hydrogens is 408 g/mol. The Hall–Kier alpha value is -2.62. The van der Waals surface area contributed by atoms with Crippen LogP contribution in [-0.4, -0.2) is 34.7 Å². The number of amidine groups is 1. The number of hydrogen-bond donors (Lipinski definition) is 2. The molecule has 178 valence electrons. The Morgan fingerprint density at radius 1 is 1.03 bits per heavy atom. The number of carbonyl (C=O) groups excluding carboxylic acids is 1. The van der Waals surface area contributed by atoms with E-state index in [0.29, 0.717) is 17.3 Å². The quantitative estimate of drug-likeness (QED) is 0.486. The highest BCUT2D eigenvalue weighted by Gasteiger charge is 2.38. The highest BCUT2D eigenvalue weighted by Crippen LogP contribution is 2.40. The van der Waals surface area contributed by atoms with Crippen LogP contribution in [0.4, 0.5) is 0 Å². The number of phenolic OH excluding ortho intramolecular Hbond substituents is 1. The van der Waals surface area contributed by atoms with Crippen LogP contribution < -0.4 is 0 Å². The fourth-order valence-electron chi connectivity index (χ4n) is 4.98. The Labute approximate surface area is 199 Å². The minimum Gasteiger partial charge on any atom is -0.507 e. The lowest BCUT2D eigenvalue weighted by Gasteiger charge is -2.28. The van der Waals surface area contributed by atoms with Gasteiger partial charge < -0.3 is 10.0 Å². The largest absolute Gasteiger partial charge is 0.507 e. The predicted molar refractivity (Wildman–Crippen MR) is 137 cm³/mol. The maximum absolute atomic E-state index is 13.5. The number of nitrogens with one attached hydrogen (secondary N) is 1. The van der Waals surface area contributed by atoms with Crippen molar-refractivity contribution >= 4 is 11.6 Å². The molecular formula is C29H40N2O2. The lowest BCUT2D eigenvalue weighted by Crippen LogP contribution is -2.32. The number of rotatable bonds is 6. The Balaban J connectivity index is 1.93. The molecule has 2 aromatic carbocycles. The minimum atomic E-state index is -0.286. The summed E-state index contributed by atoms with van der Waals surface area (Å²) in [5, 5.41) is 19.9. The Kier molecular flexibility index (Phi) is 7.07. The molecule has 0 amide bonds. The molecule has 2 N–H and O–H groups in total. The first-order chi connectivity index (χ1) is 15.3. The molecule has 4 heteroatoms. The zero-order valence-corrected chi connectivity index (χ0v) is 21.3. The topological polar surface area (TPSA) is 64.4 Å². The molecule has 0 radical (unpaired) electrons. The first-order valence-corrected chi connectivity index (χ1v) is 12.1. The zero-order chi connectivity index (χ0) is 24.6. The predicted octanol–water partition coefficient (Wildman–Crippen LogP) is 6.66. The van der Waals surface area contributed by atoms with Crippen molar-refractivity contribution in [1.82, 2.24) is 4.90 Å². The Morgan fingerprint density at radius 2 is 1.58 bits per heavy atom. The molecule has 33 heavy (non-hydrogen) atoms. The number of phenols is 1. The highest BCUT2D eigenvalue weighted by atomic mass is 16.3. The zero-order valence-electron chi connectivity index (χ0n) is 21.3. The second-order valence-corrected chi connectivity index (χ2v) is 11.5. The molecule has 0 saturated carbocycles. The third-order valence-corrected chi connectivity index (χ3v) is 6.76. The molecule has 2 atom stereocenters. The first-order valence-electron chi connectivity index (χ1n) is 12.1. The van der Waals surface area contributed by atoms with Gasteiger partial charge in [-0.1, -0.05) is 85.2 Å². The minimum absolute atomic E-state index is 0.000268. The van der Waals surface area contributed by atoms with Gasteiger partial charge in [-0.2, -0.15) is 0 Å². The normalized spacial score (nSPS) is 19.2. The van der Waals surface area contributed by atoms with Crippen molar-refractivity contribution < 1.29 is 9.90 Å². The van der Waals surface area contributed by atoms with E-state index < -0.39 is 0 Å². The average Bonchev–Trinajstić information content (AvgIpc) is 3.02. The number of likely N-dealkylation sites (tertiary alicyclic amines) is 1. The molecule has 1 aliphatic rings. The van der Waals surface area contributed by atoms with E-state index in [9.17, 15) is 9.90 Å². The monoisotopic (exact) mass is 448 g/mol. The lowest BCUT2D eigenvalue weighted by molar-refractivity contribution is 0.0963. The fourth-order valence-corrected chi connectivity index (χ4v) is 4.98. The van der Waals surface area contributed by atoms with Crippen molar-refractivity contribution in [3.63, 3.8) is 0 Å². The second kappa shape index (κ2) is 9.32. The first kappa shape index (κ1) is 25.0. The molecule has 1 heterocycles. The molecule has 3 rings (SSSR count). The molecule has 0 aromatic heterocycles. The number of aromatic hydroxyl groups is 1. The summed E-state index contributed by atoms with van der Waals surface area (Å²) in [5.41, 5.74) is 2.79. The molecule has 0 bridgehead atoms. The molecule has 0 aliphatic carbocycles. The Bertz CT molecular complexity index is 977. The van der Waals surface area contributed by atoms with E-state index in [4.69, 9.17) is 5.41 Å². The van der Waals surface area contributed by atoms with E-state index in [1.54, 1.807) is 0 Å². The van der Waals surface area contributed by atoms with Gasteiger partial charge in [-0.15, -0.1) is 0 Å². The van der Waals surface area contributed by atoms with Gasteiger partial charge >= 0.3 is 0 Å². The van der Waals surface area contributed by atoms with Crippen LogP contribution in [0.25, 0.3) is 0 Å². The van der Waals surface area contributed by atoms with Crippen molar-refractivity contribution in [2.45, 2.75) is 78.1 Å². The van der Waals surface area contributed by atoms with Crippen LogP contribution in [0.1, 0.15) is 94.3 Å². The molecule has 0 unspecified atom stereocenters. The van der Waals surface area contributed by atoms with Crippen LogP contribution in [0, 0.1) is 11.3 Å². The van der Waals surface area contributed by atoms with Crippen LogP contribution in [0.2, 0.25) is 0 Å². The summed E-state index contributed by atoms with van der Waals surface area (Å²) in [5.74, 6) is 1.20. The second-order valence-electron chi connectivity index (χ2n) is 11.5. The van der Waals surface area contributed by atoms with Gasteiger partial charge in [0.05, 0.1) is 6.54 Å². The molecule has 2 aromatic rings. The fraction of sp³-hybridized carbons (Fsp3) is 0.517. The van der Waals surface area contributed by atoms with Gasteiger partial charge in [0, 0.05) is 29.2 Å². The van der Waals surface area contributed by atoms with Crippen molar-refractivity contribution in [3.8, 4) is 5.75 Å². The molecule has 1 aliphatic heterocycles. The van der Waals surface area contributed by atoms with Gasteiger partial charge in [0.15, 0.2) is 5.78 Å². The third-order valence-electron chi connectivity index (χ3n) is 6.76. The summed E-state index contributed by atoms with van der Waals surface area (Å²) in [6.07, 6.45) is 2.10. The summed E-state index contributed by atoms with van der Waals surface area (Å²) in [6.45, 7) is 15.4. The average molecular weight is 449 g/mol. The lowest BCUT2D eigenvalue weighted by atomic mass is 9.78. The summed E-state index contributed by atoms with van der Waals surface area (Å²) >= 11 is 0. The summed E-state index contributed by atoms with van der Waals surface area (Å²) in [4.78, 5) is 15.5. The summed E-state index contributed by atoms with van der Waals surface area (Å²) in [7, 11) is 0. The van der Waals surface area contributed by atoms with E-state index in [1.807, 2.05) is 35.2 Å². The van der Waals surface area contributed by atoms with Crippen molar-refractivity contribution in [2.24, 2.45) is 5.92 Å². The number of nitrogens with zero attached hydrogens (tertiary/aromatic N) is 1. The van der Waals surface area contributed by atoms with Gasteiger partial charge in [0.2, 0.25) is 0 Å². The molecule has 4 nitrogen and oxygen atoms in total. The highest BCUT2D eigenvalue weighted by molar-refractivity contribution is 6.01. The number of hydrogen-bond acceptors (Lipinski definition) is 3. The van der Waals surface area contributed by atoms with E-state index >= 15 is 0 Å². The third kappa shape index (κ3) is 5.31. The number of benzene rings is 2. The maximum atomic E-state index is 13.5. The van der Waals surface area contributed by atoms with E-state index in [2.05, 4.69) is 60.6 Å². The number of carbonyl (C=O) groups is 1. The van der Waals surface area contributed by atoms with Gasteiger partial charge in [0.25, 0.3) is 0 Å². The van der Waals surface area contributed by atoms with Gasteiger partial charge in [-0.25, -0.2) is 0 Å². The van der Waals surface area contributed by atoms with Crippen LogP contribution in [-0.2, 0) is 10.8 Å². The standard InChI is InChI=1S/C29H40N2O2/c1-8-12-20-17-31(27(30)25(20)19-13-10-9-11-14-19)18-24(32)21-15-22(28(2,3)4)26(33)23(16-21)29(5,6)7/h9-11,13-16,20,25,30,33H,8,12,17-18H2,1-7H3/t20-,25+/m0/s1. The molecule has 1 fully saturated rings. The van der Waals surface area contributed by atoms with Crippen molar-refractivity contribution in [2.75, 3.05) is 13.1 Å². The van der Waals surface area contributed by atoms with Crippen molar-refractivity contribution in [3.05, 3.63) is 64.7 Å². The number of Topliss-reactive ketones (excluding diaryl/α,β-unsaturated/α-hetero) is 1. The van der Waals surface area contributed by atoms with Crippen LogP contribution in [0.15, 0.2) is 42.5 Å². The summed E-state index contributed by atoms with van der Waals surface area (Å²) < 4.78 is 0. The van der Waals surface area contributed by atoms with Gasteiger partial charge in [0.1, 0.15) is 11.6 Å². The summed E-state index contributed by atoms with van der Waals surface area (Å²) in [6, 6.07) is 13.9. The van der Waals surface area contributed by atoms with Crippen LogP contribution in [0.5, 0.6) is 5.75 Å². The van der Waals surface area contributed by atoms with Gasteiger partial charge in [-0.05, 0) is 40.9 Å². The SMILES string of the molecule is CCC[C@H]1CN(CC(=O)c2cc(C(C)(C)C)c(O)c(C(C)(C)C)c2)C(=N)[C@@H]1c1ccccc1. The maximum Gasteiger partial charge on any atom is 0.182 e. The van der Waals surface area contributed by atoms with Crippen molar-refractivity contribution in [1.29, 1.82) is 5.41 Å². The number of ketones is 1. The van der Waals surface area contributed by atoms with Gasteiger partial charge in [-0.3, -0.25) is 10.2 Å². The van der Waals surface area contributed by atoms with Crippen LogP contribution >= 0.6 is 0 Å². The molecule has 0 spiro atoms. The van der Waals surface area contributed by atoms with Crippen LogP contribution in [0.3, 0.4) is 0 Å². The van der Waals surface area contributed by atoms with E-state index in [1.165, 1.54) is 0 Å². The van der Waals surface area contributed by atoms with E-state index in [0.717, 1.165) is 36.1 Å². The van der Waals surface area contributed by atoms with E-state index in [-0.39, 0.29) is 34.8 Å². The smallest absolute Gasteiger partial charge is 0.182 e.